The van der Waals surface area contributed by atoms with Gasteiger partial charge in [-0.3, -0.25) is 9.36 Å². The zero-order valence-electron chi connectivity index (χ0n) is 16.5. The van der Waals surface area contributed by atoms with Crippen molar-refractivity contribution in [3.8, 4) is 22.9 Å². The Balaban J connectivity index is 1.56. The maximum atomic E-state index is 12.2. The third kappa shape index (κ3) is 4.43. The van der Waals surface area contributed by atoms with Gasteiger partial charge in [-0.2, -0.15) is 0 Å². The highest BCUT2D eigenvalue weighted by molar-refractivity contribution is 7.99. The molecule has 1 saturated carbocycles. The van der Waals surface area contributed by atoms with Crippen LogP contribution in [0.15, 0.2) is 23.4 Å². The lowest BCUT2D eigenvalue weighted by molar-refractivity contribution is -0.119. The highest BCUT2D eigenvalue weighted by Crippen LogP contribution is 2.42. The van der Waals surface area contributed by atoms with Gasteiger partial charge in [0.05, 0.1) is 19.0 Å². The van der Waals surface area contributed by atoms with Crippen LogP contribution in [0.2, 0.25) is 0 Å². The molecule has 0 spiro atoms. The topological polar surface area (TPSA) is 78.3 Å². The molecular weight excluding hydrogens is 376 g/mol. The quantitative estimate of drug-likeness (QED) is 0.772. The summed E-state index contributed by atoms with van der Waals surface area (Å²) in [5.41, 5.74) is 0.714. The lowest BCUT2D eigenvalue weighted by Crippen LogP contribution is -2.41. The second-order valence-electron chi connectivity index (χ2n) is 8.21. The molecule has 1 amide bonds. The predicted molar refractivity (Wildman–Crippen MR) is 108 cm³/mol. The number of thioether (sulfide) groups is 1. The van der Waals surface area contributed by atoms with Gasteiger partial charge in [0.25, 0.3) is 0 Å². The van der Waals surface area contributed by atoms with E-state index in [0.29, 0.717) is 25.0 Å². The minimum absolute atomic E-state index is 0.0000218. The van der Waals surface area contributed by atoms with Crippen molar-refractivity contribution < 1.29 is 14.3 Å². The summed E-state index contributed by atoms with van der Waals surface area (Å²) >= 11 is 1.43. The Morgan fingerprint density at radius 3 is 2.68 bits per heavy atom. The van der Waals surface area contributed by atoms with Gasteiger partial charge in [0, 0.05) is 23.6 Å². The second-order valence-corrected chi connectivity index (χ2v) is 9.15. The SMILES string of the molecule is CC(C)(C)NC(=O)CSc1nnc(-c2ccc3c(c2)OCCCO3)n1C1CC1. The number of amides is 1. The first-order valence-electron chi connectivity index (χ1n) is 9.69. The number of fused-ring (bicyclic) bond motifs is 1. The van der Waals surface area contributed by atoms with Crippen LogP contribution < -0.4 is 14.8 Å². The van der Waals surface area contributed by atoms with Crippen LogP contribution in [-0.2, 0) is 4.79 Å². The van der Waals surface area contributed by atoms with Crippen molar-refractivity contribution in [2.24, 2.45) is 0 Å². The van der Waals surface area contributed by atoms with E-state index in [-0.39, 0.29) is 11.4 Å². The lowest BCUT2D eigenvalue weighted by Gasteiger charge is -2.20. The van der Waals surface area contributed by atoms with E-state index in [1.165, 1.54) is 11.8 Å². The molecule has 0 radical (unpaired) electrons. The average molecular weight is 403 g/mol. The number of ether oxygens (including phenoxy) is 2. The van der Waals surface area contributed by atoms with E-state index < -0.39 is 0 Å². The van der Waals surface area contributed by atoms with Crippen LogP contribution in [0, 0.1) is 0 Å². The Morgan fingerprint density at radius 1 is 1.21 bits per heavy atom. The standard InChI is InChI=1S/C20H26N4O3S/c1-20(2,3)21-17(25)12-28-19-23-22-18(24(19)14-6-7-14)13-5-8-15-16(11-13)27-10-4-9-26-15/h5,8,11,14H,4,6-7,9-10,12H2,1-3H3,(H,21,25). The van der Waals surface area contributed by atoms with Gasteiger partial charge in [-0.15, -0.1) is 10.2 Å². The van der Waals surface area contributed by atoms with Gasteiger partial charge >= 0.3 is 0 Å². The molecule has 150 valence electrons. The van der Waals surface area contributed by atoms with Crippen molar-refractivity contribution in [1.82, 2.24) is 20.1 Å². The summed E-state index contributed by atoms with van der Waals surface area (Å²) in [4.78, 5) is 12.2. The number of carbonyl (C=O) groups is 1. The molecule has 0 atom stereocenters. The summed E-state index contributed by atoms with van der Waals surface area (Å²) in [5.74, 6) is 2.66. The molecule has 0 unspecified atom stereocenters. The first-order valence-corrected chi connectivity index (χ1v) is 10.7. The largest absolute Gasteiger partial charge is 0.490 e. The Kier molecular flexibility index (Phi) is 5.23. The molecule has 8 heteroatoms. The molecule has 1 aliphatic carbocycles. The molecule has 1 N–H and O–H groups in total. The molecule has 1 fully saturated rings. The third-order valence-electron chi connectivity index (χ3n) is 4.43. The van der Waals surface area contributed by atoms with E-state index in [9.17, 15) is 4.79 Å². The summed E-state index contributed by atoms with van der Waals surface area (Å²) in [5, 5.41) is 12.6. The van der Waals surface area contributed by atoms with Crippen molar-refractivity contribution >= 4 is 17.7 Å². The Morgan fingerprint density at radius 2 is 1.96 bits per heavy atom. The van der Waals surface area contributed by atoms with Crippen LogP contribution in [-0.4, -0.2) is 45.2 Å². The van der Waals surface area contributed by atoms with Gasteiger partial charge in [-0.05, 0) is 51.8 Å². The van der Waals surface area contributed by atoms with E-state index >= 15 is 0 Å². The fourth-order valence-electron chi connectivity index (χ4n) is 3.12. The Hall–Kier alpha value is -2.22. The number of nitrogens with one attached hydrogen (secondary N) is 1. The van der Waals surface area contributed by atoms with Crippen molar-refractivity contribution in [2.45, 2.75) is 56.8 Å². The first kappa shape index (κ1) is 19.1. The second kappa shape index (κ2) is 7.66. The summed E-state index contributed by atoms with van der Waals surface area (Å²) in [6.07, 6.45) is 3.09. The Bertz CT molecular complexity index is 871. The van der Waals surface area contributed by atoms with Gasteiger partial charge < -0.3 is 14.8 Å². The van der Waals surface area contributed by atoms with E-state index in [0.717, 1.165) is 47.3 Å². The fraction of sp³-hybridized carbons (Fsp3) is 0.550. The lowest BCUT2D eigenvalue weighted by atomic mass is 10.1. The first-order chi connectivity index (χ1) is 13.4. The minimum Gasteiger partial charge on any atom is -0.490 e. The predicted octanol–water partition coefficient (Wildman–Crippen LogP) is 3.45. The number of carbonyl (C=O) groups excluding carboxylic acids is 1. The molecule has 1 aromatic carbocycles. The van der Waals surface area contributed by atoms with E-state index in [4.69, 9.17) is 9.47 Å². The molecule has 0 saturated heterocycles. The summed E-state index contributed by atoms with van der Waals surface area (Å²) in [7, 11) is 0. The number of hydrogen-bond acceptors (Lipinski definition) is 6. The van der Waals surface area contributed by atoms with Crippen LogP contribution in [0.25, 0.3) is 11.4 Å². The van der Waals surface area contributed by atoms with Crippen LogP contribution in [0.4, 0.5) is 0 Å². The smallest absolute Gasteiger partial charge is 0.230 e. The maximum Gasteiger partial charge on any atom is 0.230 e. The maximum absolute atomic E-state index is 12.2. The van der Waals surface area contributed by atoms with Gasteiger partial charge in [-0.25, -0.2) is 0 Å². The molecule has 2 heterocycles. The van der Waals surface area contributed by atoms with Crippen molar-refractivity contribution in [3.05, 3.63) is 18.2 Å². The molecule has 4 rings (SSSR count). The minimum atomic E-state index is -0.239. The van der Waals surface area contributed by atoms with Crippen LogP contribution >= 0.6 is 11.8 Å². The highest BCUT2D eigenvalue weighted by atomic mass is 32.2. The van der Waals surface area contributed by atoms with Crippen molar-refractivity contribution in [1.29, 1.82) is 0 Å². The number of nitrogens with zero attached hydrogens (tertiary/aromatic N) is 3. The highest BCUT2D eigenvalue weighted by Gasteiger charge is 2.31. The van der Waals surface area contributed by atoms with Crippen molar-refractivity contribution in [3.63, 3.8) is 0 Å². The number of aromatic nitrogens is 3. The van der Waals surface area contributed by atoms with Gasteiger partial charge in [-0.1, -0.05) is 11.8 Å². The van der Waals surface area contributed by atoms with Crippen LogP contribution in [0.5, 0.6) is 11.5 Å². The van der Waals surface area contributed by atoms with E-state index in [2.05, 4.69) is 20.1 Å². The Labute approximate surface area is 169 Å². The molecule has 7 nitrogen and oxygen atoms in total. The zero-order valence-corrected chi connectivity index (χ0v) is 17.3. The molecular formula is C20H26N4O3S. The summed E-state index contributed by atoms with van der Waals surface area (Å²) in [6, 6.07) is 6.31. The molecule has 1 aliphatic heterocycles. The summed E-state index contributed by atoms with van der Waals surface area (Å²) < 4.78 is 13.7. The number of rotatable bonds is 5. The normalized spacial score (nSPS) is 16.5. The molecule has 0 bridgehead atoms. The van der Waals surface area contributed by atoms with Gasteiger partial charge in [0.1, 0.15) is 0 Å². The average Bonchev–Trinajstić information content (AvgIpc) is 3.42. The van der Waals surface area contributed by atoms with Crippen LogP contribution in [0.1, 0.15) is 46.1 Å². The van der Waals surface area contributed by atoms with E-state index in [1.54, 1.807) is 0 Å². The van der Waals surface area contributed by atoms with Crippen molar-refractivity contribution in [2.75, 3.05) is 19.0 Å². The van der Waals surface area contributed by atoms with Gasteiger partial charge in [0.2, 0.25) is 5.91 Å². The third-order valence-corrected chi connectivity index (χ3v) is 5.37. The molecule has 2 aromatic rings. The fourth-order valence-corrected chi connectivity index (χ4v) is 3.93. The number of benzene rings is 1. The van der Waals surface area contributed by atoms with Gasteiger partial charge in [0.15, 0.2) is 22.5 Å². The zero-order chi connectivity index (χ0) is 19.7. The molecule has 28 heavy (non-hydrogen) atoms. The summed E-state index contributed by atoms with van der Waals surface area (Å²) in [6.45, 7) is 7.25. The number of hydrogen-bond donors (Lipinski definition) is 1. The molecule has 1 aromatic heterocycles. The molecule has 2 aliphatic rings. The van der Waals surface area contributed by atoms with E-state index in [1.807, 2.05) is 39.0 Å². The van der Waals surface area contributed by atoms with Crippen LogP contribution in [0.3, 0.4) is 0 Å². The monoisotopic (exact) mass is 402 g/mol.